The van der Waals surface area contributed by atoms with E-state index in [-0.39, 0.29) is 0 Å². The number of hydrogen-bond acceptors (Lipinski definition) is 2. The highest BCUT2D eigenvalue weighted by Crippen LogP contribution is 2.22. The van der Waals surface area contributed by atoms with Gasteiger partial charge < -0.3 is 10.3 Å². The lowest BCUT2D eigenvalue weighted by Crippen LogP contribution is -2.13. The van der Waals surface area contributed by atoms with Crippen molar-refractivity contribution >= 4 is 22.6 Å². The molecule has 0 fully saturated rings. The molecule has 1 aromatic carbocycles. The van der Waals surface area contributed by atoms with Gasteiger partial charge >= 0.3 is 0 Å². The Hall–Kier alpha value is -1.06. The zero-order valence-electron chi connectivity index (χ0n) is 11.7. The summed E-state index contributed by atoms with van der Waals surface area (Å²) in [5.74, 6) is 1.69. The quantitative estimate of drug-likeness (QED) is 0.877. The van der Waals surface area contributed by atoms with E-state index in [1.807, 2.05) is 18.2 Å². The molecule has 1 unspecified atom stereocenters. The third kappa shape index (κ3) is 3.28. The lowest BCUT2D eigenvalue weighted by atomic mass is 10.1. The Morgan fingerprint density at radius 1 is 1.42 bits per heavy atom. The van der Waals surface area contributed by atoms with Crippen molar-refractivity contribution in [3.63, 3.8) is 0 Å². The van der Waals surface area contributed by atoms with Crippen LogP contribution in [-0.2, 0) is 13.0 Å². The summed E-state index contributed by atoms with van der Waals surface area (Å²) in [6.45, 7) is 6.09. The molecule has 2 rings (SSSR count). The van der Waals surface area contributed by atoms with Crippen LogP contribution in [0.4, 0.5) is 0 Å². The molecule has 1 aromatic heterocycles. The van der Waals surface area contributed by atoms with E-state index in [1.54, 1.807) is 0 Å². The average molecular weight is 280 g/mol. The van der Waals surface area contributed by atoms with Gasteiger partial charge in [0.1, 0.15) is 5.82 Å². The number of halogens is 1. The van der Waals surface area contributed by atoms with Gasteiger partial charge in [-0.3, -0.25) is 0 Å². The van der Waals surface area contributed by atoms with Gasteiger partial charge in [-0.1, -0.05) is 25.4 Å². The van der Waals surface area contributed by atoms with Crippen molar-refractivity contribution in [2.75, 3.05) is 6.54 Å². The van der Waals surface area contributed by atoms with Gasteiger partial charge in [-0.05, 0) is 43.5 Å². The van der Waals surface area contributed by atoms with E-state index < -0.39 is 0 Å². The summed E-state index contributed by atoms with van der Waals surface area (Å²) in [7, 11) is 0. The van der Waals surface area contributed by atoms with Gasteiger partial charge in [-0.2, -0.15) is 0 Å². The first-order valence-electron chi connectivity index (χ1n) is 7.00. The van der Waals surface area contributed by atoms with Crippen LogP contribution in [0.3, 0.4) is 0 Å². The Morgan fingerprint density at radius 2 is 2.21 bits per heavy atom. The SMILES string of the molecule is CCCn1c(CCC(C)CN)nc2ccc(Cl)cc21. The minimum Gasteiger partial charge on any atom is -0.330 e. The fraction of sp³-hybridized carbons (Fsp3) is 0.533. The zero-order chi connectivity index (χ0) is 13.8. The normalized spacial score (nSPS) is 13.1. The number of aryl methyl sites for hydroxylation is 2. The molecule has 0 saturated heterocycles. The van der Waals surface area contributed by atoms with Crippen LogP contribution < -0.4 is 5.73 Å². The minimum atomic E-state index is 0.540. The zero-order valence-corrected chi connectivity index (χ0v) is 12.5. The molecule has 0 aliphatic rings. The highest BCUT2D eigenvalue weighted by atomic mass is 35.5. The first-order chi connectivity index (χ1) is 9.15. The molecule has 4 heteroatoms. The van der Waals surface area contributed by atoms with E-state index in [2.05, 4.69) is 18.4 Å². The van der Waals surface area contributed by atoms with Crippen molar-refractivity contribution in [1.29, 1.82) is 0 Å². The number of hydrogen-bond donors (Lipinski definition) is 1. The summed E-state index contributed by atoms with van der Waals surface area (Å²) in [6, 6.07) is 5.91. The number of rotatable bonds is 6. The van der Waals surface area contributed by atoms with Gasteiger partial charge in [-0.15, -0.1) is 0 Å². The molecule has 2 N–H and O–H groups in total. The predicted octanol–water partition coefficient (Wildman–Crippen LogP) is 3.63. The standard InChI is InChI=1S/C15H22ClN3/c1-3-8-19-14-9-12(16)5-6-13(14)18-15(19)7-4-11(2)10-17/h5-6,9,11H,3-4,7-8,10,17H2,1-2H3. The van der Waals surface area contributed by atoms with Crippen molar-refractivity contribution < 1.29 is 0 Å². The van der Waals surface area contributed by atoms with E-state index in [0.29, 0.717) is 5.92 Å². The van der Waals surface area contributed by atoms with Crippen LogP contribution in [0.1, 0.15) is 32.5 Å². The molecule has 0 bridgehead atoms. The van der Waals surface area contributed by atoms with Crippen LogP contribution >= 0.6 is 11.6 Å². The van der Waals surface area contributed by atoms with Crippen LogP contribution in [0, 0.1) is 5.92 Å². The van der Waals surface area contributed by atoms with Crippen LogP contribution in [0.15, 0.2) is 18.2 Å². The van der Waals surface area contributed by atoms with Gasteiger partial charge in [-0.25, -0.2) is 4.98 Å². The third-order valence-electron chi connectivity index (χ3n) is 3.50. The molecule has 2 aromatic rings. The Kier molecular flexibility index (Phi) is 4.83. The van der Waals surface area contributed by atoms with E-state index in [0.717, 1.165) is 54.2 Å². The summed E-state index contributed by atoms with van der Waals surface area (Å²) >= 11 is 6.09. The maximum atomic E-state index is 6.09. The average Bonchev–Trinajstić information content (AvgIpc) is 2.74. The van der Waals surface area contributed by atoms with E-state index in [9.17, 15) is 0 Å². The lowest BCUT2D eigenvalue weighted by Gasteiger charge is -2.10. The number of nitrogens with two attached hydrogens (primary N) is 1. The maximum Gasteiger partial charge on any atom is 0.109 e. The molecule has 0 radical (unpaired) electrons. The fourth-order valence-corrected chi connectivity index (χ4v) is 2.47. The molecule has 0 saturated carbocycles. The first kappa shape index (κ1) is 14.4. The maximum absolute atomic E-state index is 6.09. The molecular formula is C15H22ClN3. The molecule has 0 spiro atoms. The number of aromatic nitrogens is 2. The van der Waals surface area contributed by atoms with Crippen LogP contribution in [0.5, 0.6) is 0 Å². The monoisotopic (exact) mass is 279 g/mol. The second kappa shape index (κ2) is 6.40. The second-order valence-corrected chi connectivity index (χ2v) is 5.63. The van der Waals surface area contributed by atoms with Gasteiger partial charge in [0.15, 0.2) is 0 Å². The molecule has 0 aliphatic carbocycles. The summed E-state index contributed by atoms with van der Waals surface area (Å²) in [4.78, 5) is 4.74. The number of nitrogens with zero attached hydrogens (tertiary/aromatic N) is 2. The predicted molar refractivity (Wildman–Crippen MR) is 81.6 cm³/mol. The van der Waals surface area contributed by atoms with Crippen molar-refractivity contribution in [1.82, 2.24) is 9.55 Å². The summed E-state index contributed by atoms with van der Waals surface area (Å²) in [5, 5.41) is 0.770. The van der Waals surface area contributed by atoms with E-state index in [1.165, 1.54) is 0 Å². The topological polar surface area (TPSA) is 43.8 Å². The second-order valence-electron chi connectivity index (χ2n) is 5.19. The molecule has 104 valence electrons. The highest BCUT2D eigenvalue weighted by molar-refractivity contribution is 6.31. The number of imidazole rings is 1. The summed E-state index contributed by atoms with van der Waals surface area (Å²) < 4.78 is 2.30. The highest BCUT2D eigenvalue weighted by Gasteiger charge is 2.11. The van der Waals surface area contributed by atoms with E-state index >= 15 is 0 Å². The van der Waals surface area contributed by atoms with E-state index in [4.69, 9.17) is 22.3 Å². The Balaban J connectivity index is 2.33. The smallest absolute Gasteiger partial charge is 0.109 e. The number of fused-ring (bicyclic) bond motifs is 1. The van der Waals surface area contributed by atoms with Crippen LogP contribution in [-0.4, -0.2) is 16.1 Å². The van der Waals surface area contributed by atoms with Gasteiger partial charge in [0, 0.05) is 18.0 Å². The molecule has 0 amide bonds. The lowest BCUT2D eigenvalue weighted by molar-refractivity contribution is 0.523. The molecule has 1 heterocycles. The molecule has 0 aliphatic heterocycles. The molecule has 19 heavy (non-hydrogen) atoms. The van der Waals surface area contributed by atoms with Crippen LogP contribution in [0.2, 0.25) is 5.02 Å². The largest absolute Gasteiger partial charge is 0.330 e. The minimum absolute atomic E-state index is 0.540. The Morgan fingerprint density at radius 3 is 2.89 bits per heavy atom. The van der Waals surface area contributed by atoms with Crippen molar-refractivity contribution in [3.8, 4) is 0 Å². The van der Waals surface area contributed by atoms with Gasteiger partial charge in [0.25, 0.3) is 0 Å². The van der Waals surface area contributed by atoms with Gasteiger partial charge in [0.05, 0.1) is 11.0 Å². The summed E-state index contributed by atoms with van der Waals surface area (Å²) in [5.41, 5.74) is 7.86. The van der Waals surface area contributed by atoms with Gasteiger partial charge in [0.2, 0.25) is 0 Å². The van der Waals surface area contributed by atoms with Crippen LogP contribution in [0.25, 0.3) is 11.0 Å². The van der Waals surface area contributed by atoms with Crippen molar-refractivity contribution in [2.45, 2.75) is 39.7 Å². The van der Waals surface area contributed by atoms with Crippen molar-refractivity contribution in [3.05, 3.63) is 29.0 Å². The van der Waals surface area contributed by atoms with Crippen molar-refractivity contribution in [2.24, 2.45) is 11.7 Å². The fourth-order valence-electron chi connectivity index (χ4n) is 2.30. The molecule has 1 atom stereocenters. The Bertz CT molecular complexity index is 548. The summed E-state index contributed by atoms with van der Waals surface area (Å²) in [6.07, 6.45) is 3.15. The third-order valence-corrected chi connectivity index (χ3v) is 3.73. The Labute approximate surface area is 119 Å². The first-order valence-corrected chi connectivity index (χ1v) is 7.38. The number of benzene rings is 1. The molecular weight excluding hydrogens is 258 g/mol. The molecule has 3 nitrogen and oxygen atoms in total.